The number of hydrogen-bond acceptors (Lipinski definition) is 10. The van der Waals surface area contributed by atoms with E-state index in [1.54, 1.807) is 0 Å². The molecule has 0 radical (unpaired) electrons. The van der Waals surface area contributed by atoms with Crippen molar-refractivity contribution in [1.82, 2.24) is 15.4 Å². The molecule has 1 aromatic carbocycles. The fraction of sp³-hybridized carbons (Fsp3) is 0.417. The maximum atomic E-state index is 6.03. The Morgan fingerprint density at radius 3 is 2.74 bits per heavy atom. The molecule has 34 heavy (non-hydrogen) atoms. The Balaban J connectivity index is 1.27. The summed E-state index contributed by atoms with van der Waals surface area (Å²) in [5, 5.41) is 6.69. The van der Waals surface area contributed by atoms with E-state index in [2.05, 4.69) is 52.9 Å². The number of nitrogens with zero attached hydrogens (tertiary/aromatic N) is 5. The number of likely N-dealkylation sites (N-methyl/N-ethyl adjacent to an activating group) is 1. The number of piperazine rings is 1. The number of rotatable bonds is 4. The van der Waals surface area contributed by atoms with Crippen LogP contribution >= 0.6 is 0 Å². The molecule has 0 aliphatic carbocycles. The van der Waals surface area contributed by atoms with Crippen LogP contribution in [0.1, 0.15) is 20.8 Å². The van der Waals surface area contributed by atoms with Gasteiger partial charge >= 0.3 is 5.97 Å². The summed E-state index contributed by atoms with van der Waals surface area (Å²) in [4.78, 5) is 22.3. The van der Waals surface area contributed by atoms with E-state index in [1.807, 2.05) is 48.5 Å². The molecule has 178 valence electrons. The molecule has 2 fully saturated rings. The molecule has 0 amide bonds. The van der Waals surface area contributed by atoms with Crippen LogP contribution in [0.3, 0.4) is 0 Å². The molecule has 0 saturated carbocycles. The summed E-state index contributed by atoms with van der Waals surface area (Å²) in [5.74, 6) is 1.49. The number of benzene rings is 1. The van der Waals surface area contributed by atoms with Crippen LogP contribution in [0.2, 0.25) is 0 Å². The topological polar surface area (TPSA) is 89.5 Å². The van der Waals surface area contributed by atoms with E-state index in [0.717, 1.165) is 53.1 Å². The van der Waals surface area contributed by atoms with E-state index < -0.39 is 5.97 Å². The average molecular weight is 463 g/mol. The molecule has 10 heteroatoms. The number of fused-ring (bicyclic) bond motifs is 3. The van der Waals surface area contributed by atoms with Crippen molar-refractivity contribution >= 4 is 29.1 Å². The molecular formula is C24H30N8O2. The molecule has 0 spiro atoms. The second-order valence-corrected chi connectivity index (χ2v) is 9.38. The number of hydroxylamine groups is 1. The predicted molar refractivity (Wildman–Crippen MR) is 133 cm³/mol. The normalized spacial score (nSPS) is 27.9. The Morgan fingerprint density at radius 2 is 1.97 bits per heavy atom. The summed E-state index contributed by atoms with van der Waals surface area (Å²) in [6, 6.07) is 11.0. The van der Waals surface area contributed by atoms with E-state index in [4.69, 9.17) is 19.6 Å². The molecule has 5 heterocycles. The monoisotopic (exact) mass is 462 g/mol. The van der Waals surface area contributed by atoms with Crippen LogP contribution in [0, 0.1) is 0 Å². The first kappa shape index (κ1) is 21.1. The van der Waals surface area contributed by atoms with Crippen molar-refractivity contribution in [3.8, 4) is 5.75 Å². The second kappa shape index (κ2) is 7.78. The smallest absolute Gasteiger partial charge is 0.351 e. The highest BCUT2D eigenvalue weighted by molar-refractivity contribution is 5.85. The van der Waals surface area contributed by atoms with Crippen LogP contribution in [0.15, 0.2) is 52.9 Å². The van der Waals surface area contributed by atoms with Gasteiger partial charge in [-0.2, -0.15) is 0 Å². The van der Waals surface area contributed by atoms with Crippen molar-refractivity contribution < 1.29 is 9.57 Å². The lowest BCUT2D eigenvalue weighted by atomic mass is 10.1. The quantitative estimate of drug-likeness (QED) is 0.635. The third kappa shape index (κ3) is 3.33. The SMILES string of the molecule is CC1=C2NOC(Nc3ccc(N4C[C@@H](C)N(C)[C@@H](C)C4)nc3)(N=C1)N2c1ccc2c(c1)NCO2. The summed E-state index contributed by atoms with van der Waals surface area (Å²) in [7, 11) is 2.19. The van der Waals surface area contributed by atoms with Crippen molar-refractivity contribution in [3.63, 3.8) is 0 Å². The van der Waals surface area contributed by atoms with Crippen LogP contribution < -0.4 is 30.7 Å². The maximum Gasteiger partial charge on any atom is 0.351 e. The van der Waals surface area contributed by atoms with Crippen molar-refractivity contribution in [3.05, 3.63) is 47.9 Å². The van der Waals surface area contributed by atoms with Gasteiger partial charge in [-0.3, -0.25) is 9.80 Å². The molecule has 1 unspecified atom stereocenters. The van der Waals surface area contributed by atoms with Crippen LogP contribution in [-0.2, 0) is 4.84 Å². The molecule has 3 N–H and O–H groups in total. The van der Waals surface area contributed by atoms with Gasteiger partial charge in [0.25, 0.3) is 0 Å². The molecule has 1 aromatic heterocycles. The number of aliphatic imine (C=N–C) groups is 1. The zero-order chi connectivity index (χ0) is 23.4. The van der Waals surface area contributed by atoms with Crippen LogP contribution in [0.5, 0.6) is 5.75 Å². The number of ether oxygens (including phenoxy) is 1. The molecule has 10 nitrogen and oxygen atoms in total. The number of hydrogen-bond donors (Lipinski definition) is 3. The molecule has 6 rings (SSSR count). The summed E-state index contributed by atoms with van der Waals surface area (Å²) < 4.78 is 5.58. The Morgan fingerprint density at radius 1 is 1.15 bits per heavy atom. The van der Waals surface area contributed by atoms with Crippen LogP contribution in [0.25, 0.3) is 0 Å². The highest BCUT2D eigenvalue weighted by atomic mass is 16.7. The van der Waals surface area contributed by atoms with E-state index >= 15 is 0 Å². The van der Waals surface area contributed by atoms with Gasteiger partial charge in [0.1, 0.15) is 17.4 Å². The van der Waals surface area contributed by atoms with E-state index in [-0.39, 0.29) is 0 Å². The zero-order valence-electron chi connectivity index (χ0n) is 19.9. The summed E-state index contributed by atoms with van der Waals surface area (Å²) in [5.41, 5.74) is 6.71. The van der Waals surface area contributed by atoms with Gasteiger partial charge in [0.05, 0.1) is 23.3 Å². The molecule has 2 saturated heterocycles. The maximum absolute atomic E-state index is 6.03. The summed E-state index contributed by atoms with van der Waals surface area (Å²) in [6.07, 6.45) is 3.67. The molecule has 4 aliphatic heterocycles. The molecule has 2 aromatic rings. The van der Waals surface area contributed by atoms with Gasteiger partial charge in [-0.1, -0.05) is 0 Å². The van der Waals surface area contributed by atoms with Gasteiger partial charge in [-0.15, -0.1) is 0 Å². The summed E-state index contributed by atoms with van der Waals surface area (Å²) in [6.45, 7) is 8.90. The van der Waals surface area contributed by atoms with Crippen LogP contribution in [0.4, 0.5) is 22.9 Å². The molecule has 2 bridgehead atoms. The van der Waals surface area contributed by atoms with E-state index in [9.17, 15) is 0 Å². The Hall–Kier alpha value is -3.50. The number of allylic oxidation sites excluding steroid dienone is 1. The third-order valence-corrected chi connectivity index (χ3v) is 7.07. The number of anilines is 4. The Kier molecular flexibility index (Phi) is 4.82. The fourth-order valence-corrected chi connectivity index (χ4v) is 4.91. The Bertz CT molecular complexity index is 1150. The minimum absolute atomic E-state index is 0.472. The van der Waals surface area contributed by atoms with Gasteiger partial charge in [0, 0.05) is 37.0 Å². The lowest BCUT2D eigenvalue weighted by Crippen LogP contribution is -2.55. The average Bonchev–Trinajstić information content (AvgIpc) is 3.42. The third-order valence-electron chi connectivity index (χ3n) is 7.07. The first-order chi connectivity index (χ1) is 16.4. The number of nitrogens with one attached hydrogen (secondary N) is 3. The number of pyridine rings is 1. The highest BCUT2D eigenvalue weighted by Crippen LogP contribution is 2.42. The fourth-order valence-electron chi connectivity index (χ4n) is 4.91. The van der Waals surface area contributed by atoms with Gasteiger partial charge in [-0.25, -0.2) is 20.3 Å². The largest absolute Gasteiger partial charge is 0.471 e. The summed E-state index contributed by atoms with van der Waals surface area (Å²) >= 11 is 0. The Labute approximate surface area is 199 Å². The van der Waals surface area contributed by atoms with E-state index in [0.29, 0.717) is 18.8 Å². The zero-order valence-corrected chi connectivity index (χ0v) is 19.9. The van der Waals surface area contributed by atoms with Crippen LogP contribution in [-0.4, -0.2) is 61.0 Å². The standard InChI is InChI=1S/C24H30N8O2/c1-15-10-27-24(32(23(15)29-34-24)19-6-7-21-20(9-19)26-14-33-21)28-18-5-8-22(25-11-18)31-12-16(2)30(4)17(3)13-31/h5-11,16-17,26,28-29H,12-14H2,1-4H3/t16-,17+,24?. The van der Waals surface area contributed by atoms with E-state index in [1.165, 1.54) is 0 Å². The van der Waals surface area contributed by atoms with Gasteiger partial charge in [0.2, 0.25) is 0 Å². The number of aromatic nitrogens is 1. The minimum atomic E-state index is -1.16. The molecule has 3 atom stereocenters. The minimum Gasteiger partial charge on any atom is -0.471 e. The van der Waals surface area contributed by atoms with Crippen molar-refractivity contribution in [2.24, 2.45) is 4.99 Å². The van der Waals surface area contributed by atoms with Crippen molar-refractivity contribution in [2.45, 2.75) is 38.8 Å². The lowest BCUT2D eigenvalue weighted by Gasteiger charge is -2.43. The van der Waals surface area contributed by atoms with Crippen molar-refractivity contribution in [2.75, 3.05) is 47.3 Å². The lowest BCUT2D eigenvalue weighted by molar-refractivity contribution is -0.0214. The second-order valence-electron chi connectivity index (χ2n) is 9.38. The van der Waals surface area contributed by atoms with Crippen molar-refractivity contribution in [1.29, 1.82) is 0 Å². The predicted octanol–water partition coefficient (Wildman–Crippen LogP) is 2.75. The van der Waals surface area contributed by atoms with Gasteiger partial charge in [-0.05, 0) is 58.2 Å². The molecular weight excluding hydrogens is 432 g/mol. The molecule has 4 aliphatic rings. The van der Waals surface area contributed by atoms with Gasteiger partial charge < -0.3 is 20.3 Å². The highest BCUT2D eigenvalue weighted by Gasteiger charge is 2.49. The first-order valence-corrected chi connectivity index (χ1v) is 11.7. The van der Waals surface area contributed by atoms with Gasteiger partial charge in [0.15, 0.2) is 6.73 Å². The first-order valence-electron chi connectivity index (χ1n) is 11.7.